The van der Waals surface area contributed by atoms with Crippen LogP contribution in [-0.2, 0) is 13.6 Å². The molecule has 0 unspecified atom stereocenters. The average Bonchev–Trinajstić information content (AvgIpc) is 3.09. The molecule has 1 N–H and O–H groups in total. The second kappa shape index (κ2) is 4.76. The zero-order valence-corrected chi connectivity index (χ0v) is 12.2. The normalized spacial score (nSPS) is 11.4. The molecule has 1 aromatic carbocycles. The first-order valence-corrected chi connectivity index (χ1v) is 6.92. The first-order valence-electron chi connectivity index (χ1n) is 6.92. The number of nitrogens with zero attached hydrogens (tertiary/aromatic N) is 7. The Morgan fingerprint density at radius 1 is 1.18 bits per heavy atom. The van der Waals surface area contributed by atoms with Gasteiger partial charge in [-0.1, -0.05) is 6.07 Å². The molecule has 0 atom stereocenters. The van der Waals surface area contributed by atoms with Crippen LogP contribution in [0.2, 0.25) is 0 Å². The first kappa shape index (κ1) is 12.7. The fourth-order valence-corrected chi connectivity index (χ4v) is 2.43. The van der Waals surface area contributed by atoms with Crippen LogP contribution in [-0.4, -0.2) is 34.8 Å². The van der Waals surface area contributed by atoms with Crippen molar-refractivity contribution in [3.63, 3.8) is 0 Å². The molecule has 0 amide bonds. The van der Waals surface area contributed by atoms with E-state index in [4.69, 9.17) is 0 Å². The van der Waals surface area contributed by atoms with Crippen LogP contribution < -0.4 is 5.32 Å². The average molecular weight is 294 g/mol. The molecule has 0 radical (unpaired) electrons. The Bertz CT molecular complexity index is 967. The van der Waals surface area contributed by atoms with Crippen molar-refractivity contribution in [1.82, 2.24) is 34.8 Å². The van der Waals surface area contributed by atoms with Crippen molar-refractivity contribution in [3.05, 3.63) is 41.7 Å². The Hall–Kier alpha value is -3.03. The summed E-state index contributed by atoms with van der Waals surface area (Å²) < 4.78 is 3.47. The van der Waals surface area contributed by atoms with Crippen LogP contribution in [0.5, 0.6) is 0 Å². The van der Waals surface area contributed by atoms with Crippen LogP contribution in [0.25, 0.3) is 16.7 Å². The quantitative estimate of drug-likeness (QED) is 0.613. The molecule has 0 spiro atoms. The van der Waals surface area contributed by atoms with E-state index in [1.165, 1.54) is 10.2 Å². The third kappa shape index (κ3) is 2.05. The largest absolute Gasteiger partial charge is 0.361 e. The van der Waals surface area contributed by atoms with E-state index in [1.807, 2.05) is 19.2 Å². The molecule has 3 aromatic heterocycles. The number of hydrogen-bond acceptors (Lipinski definition) is 6. The van der Waals surface area contributed by atoms with Crippen LogP contribution in [0.4, 0.5) is 5.82 Å². The summed E-state index contributed by atoms with van der Waals surface area (Å²) in [6.45, 7) is 2.64. The molecule has 3 heterocycles. The van der Waals surface area contributed by atoms with Crippen molar-refractivity contribution >= 4 is 22.5 Å². The summed E-state index contributed by atoms with van der Waals surface area (Å²) in [5.74, 6) is 1.64. The van der Waals surface area contributed by atoms with E-state index < -0.39 is 0 Å². The monoisotopic (exact) mass is 294 g/mol. The van der Waals surface area contributed by atoms with Crippen LogP contribution in [0, 0.1) is 6.92 Å². The van der Waals surface area contributed by atoms with Gasteiger partial charge in [-0.05, 0) is 47.2 Å². The smallest absolute Gasteiger partial charge is 0.200 e. The van der Waals surface area contributed by atoms with Crippen molar-refractivity contribution in [2.45, 2.75) is 13.5 Å². The third-order valence-electron chi connectivity index (χ3n) is 3.63. The van der Waals surface area contributed by atoms with Crippen LogP contribution in [0.15, 0.2) is 30.3 Å². The number of anilines is 1. The fraction of sp³-hybridized carbons (Fsp3) is 0.214. The molecule has 0 aliphatic heterocycles. The molecule has 0 saturated carbocycles. The van der Waals surface area contributed by atoms with Gasteiger partial charge >= 0.3 is 0 Å². The predicted molar refractivity (Wildman–Crippen MR) is 81.4 cm³/mol. The van der Waals surface area contributed by atoms with Gasteiger partial charge in [-0.15, -0.1) is 14.8 Å². The van der Waals surface area contributed by atoms with Gasteiger partial charge in [0.25, 0.3) is 0 Å². The second-order valence-corrected chi connectivity index (χ2v) is 5.18. The molecule has 0 aliphatic rings. The Morgan fingerprint density at radius 2 is 2.09 bits per heavy atom. The molecule has 4 aromatic rings. The van der Waals surface area contributed by atoms with E-state index in [9.17, 15) is 0 Å². The summed E-state index contributed by atoms with van der Waals surface area (Å²) in [4.78, 5) is 4.67. The minimum atomic E-state index is 0.574. The Balaban J connectivity index is 1.61. The molecule has 0 fully saturated rings. The number of hydrogen-bond donors (Lipinski definition) is 1. The molecule has 0 bridgehead atoms. The highest BCUT2D eigenvalue weighted by molar-refractivity contribution is 5.76. The van der Waals surface area contributed by atoms with E-state index in [2.05, 4.69) is 60.6 Å². The number of nitrogens with one attached hydrogen (secondary N) is 1. The summed E-state index contributed by atoms with van der Waals surface area (Å²) in [6.07, 6.45) is 0. The minimum absolute atomic E-state index is 0.574. The molecule has 8 heteroatoms. The number of aromatic nitrogens is 7. The number of rotatable bonds is 3. The van der Waals surface area contributed by atoms with E-state index in [1.54, 1.807) is 0 Å². The zero-order valence-electron chi connectivity index (χ0n) is 12.2. The Kier molecular flexibility index (Phi) is 2.75. The third-order valence-corrected chi connectivity index (χ3v) is 3.63. The zero-order chi connectivity index (χ0) is 15.1. The lowest BCUT2D eigenvalue weighted by molar-refractivity contribution is 0.731. The minimum Gasteiger partial charge on any atom is -0.361 e. The number of aryl methyl sites for hydroxylation is 2. The highest BCUT2D eigenvalue weighted by Crippen LogP contribution is 2.17. The summed E-state index contributed by atoms with van der Waals surface area (Å²) in [7, 11) is 2.01. The van der Waals surface area contributed by atoms with Gasteiger partial charge in [-0.3, -0.25) is 0 Å². The standard InChI is InChI=1S/C14H14N8/c1-9-3-4-11-10(7-9)16-14(21(11)2)8-15-12-5-6-13-17-19-20-22(13)18-12/h3-7H,8H2,1-2H3,(H,15,18). The number of benzene rings is 1. The van der Waals surface area contributed by atoms with Gasteiger partial charge in [-0.25, -0.2) is 4.98 Å². The summed E-state index contributed by atoms with van der Waals surface area (Å²) >= 11 is 0. The Labute approximate surface area is 125 Å². The topological polar surface area (TPSA) is 85.8 Å². The highest BCUT2D eigenvalue weighted by Gasteiger charge is 2.08. The maximum atomic E-state index is 4.67. The lowest BCUT2D eigenvalue weighted by Crippen LogP contribution is -2.08. The van der Waals surface area contributed by atoms with Crippen LogP contribution in [0.3, 0.4) is 0 Å². The molecule has 8 nitrogen and oxygen atoms in total. The van der Waals surface area contributed by atoms with Gasteiger partial charge in [0.05, 0.1) is 17.6 Å². The van der Waals surface area contributed by atoms with Crippen molar-refractivity contribution in [2.24, 2.45) is 7.05 Å². The SMILES string of the molecule is Cc1ccc2c(c1)nc(CNc1ccc3nnnn3n1)n2C. The van der Waals surface area contributed by atoms with Gasteiger partial charge in [0.15, 0.2) is 5.65 Å². The van der Waals surface area contributed by atoms with Crippen molar-refractivity contribution in [3.8, 4) is 0 Å². The van der Waals surface area contributed by atoms with Crippen molar-refractivity contribution < 1.29 is 0 Å². The van der Waals surface area contributed by atoms with E-state index >= 15 is 0 Å². The van der Waals surface area contributed by atoms with Gasteiger partial charge in [-0.2, -0.15) is 0 Å². The van der Waals surface area contributed by atoms with Crippen LogP contribution in [0.1, 0.15) is 11.4 Å². The van der Waals surface area contributed by atoms with E-state index in [0.717, 1.165) is 16.9 Å². The highest BCUT2D eigenvalue weighted by atomic mass is 15.6. The maximum absolute atomic E-state index is 4.67. The molecular formula is C14H14N8. The fourth-order valence-electron chi connectivity index (χ4n) is 2.43. The van der Waals surface area contributed by atoms with Crippen molar-refractivity contribution in [1.29, 1.82) is 0 Å². The maximum Gasteiger partial charge on any atom is 0.200 e. The first-order chi connectivity index (χ1) is 10.7. The molecular weight excluding hydrogens is 280 g/mol. The summed E-state index contributed by atoms with van der Waals surface area (Å²) in [6, 6.07) is 9.93. The van der Waals surface area contributed by atoms with Crippen LogP contribution >= 0.6 is 0 Å². The molecule has 110 valence electrons. The molecule has 0 saturated heterocycles. The van der Waals surface area contributed by atoms with Gasteiger partial charge in [0.1, 0.15) is 11.6 Å². The van der Waals surface area contributed by atoms with Crippen molar-refractivity contribution in [2.75, 3.05) is 5.32 Å². The molecule has 22 heavy (non-hydrogen) atoms. The van der Waals surface area contributed by atoms with E-state index in [-0.39, 0.29) is 0 Å². The molecule has 0 aliphatic carbocycles. The lowest BCUT2D eigenvalue weighted by atomic mass is 10.2. The van der Waals surface area contributed by atoms with Gasteiger partial charge in [0, 0.05) is 7.05 Å². The van der Waals surface area contributed by atoms with E-state index in [0.29, 0.717) is 18.0 Å². The number of imidazole rings is 1. The summed E-state index contributed by atoms with van der Waals surface area (Å²) in [5.41, 5.74) is 3.94. The molecule has 4 rings (SSSR count). The Morgan fingerprint density at radius 3 is 3.00 bits per heavy atom. The number of fused-ring (bicyclic) bond motifs is 2. The summed E-state index contributed by atoms with van der Waals surface area (Å²) in [5, 5.41) is 18.7. The second-order valence-electron chi connectivity index (χ2n) is 5.18. The van der Waals surface area contributed by atoms with Gasteiger partial charge < -0.3 is 9.88 Å². The lowest BCUT2D eigenvalue weighted by Gasteiger charge is -2.05. The van der Waals surface area contributed by atoms with Gasteiger partial charge in [0.2, 0.25) is 0 Å². The number of tetrazole rings is 1. The predicted octanol–water partition coefficient (Wildman–Crippen LogP) is 1.33.